The van der Waals surface area contributed by atoms with Crippen LogP contribution in [0.15, 0.2) is 33.5 Å². The van der Waals surface area contributed by atoms with Crippen molar-refractivity contribution in [2.45, 2.75) is 0 Å². The van der Waals surface area contributed by atoms with Crippen LogP contribution in [-0.2, 0) is 4.74 Å². The molecule has 0 aromatic heterocycles. The highest BCUT2D eigenvalue weighted by Crippen LogP contribution is 2.26. The van der Waals surface area contributed by atoms with Crippen LogP contribution in [0.3, 0.4) is 0 Å². The highest BCUT2D eigenvalue weighted by atomic mass is 35.5. The average Bonchev–Trinajstić information content (AvgIpc) is 2.42. The van der Waals surface area contributed by atoms with Crippen molar-refractivity contribution in [3.8, 4) is 11.3 Å². The summed E-state index contributed by atoms with van der Waals surface area (Å²) in [5.41, 5.74) is -0.494. The second-order valence-electron chi connectivity index (χ2n) is 3.09. The summed E-state index contributed by atoms with van der Waals surface area (Å²) >= 11 is 5.84. The van der Waals surface area contributed by atoms with E-state index in [1.807, 2.05) is 0 Å². The number of esters is 1. The Hall–Kier alpha value is -1.81. The largest absolute Gasteiger partial charge is 0.465 e. The first-order chi connectivity index (χ1) is 7.63. The predicted octanol–water partition coefficient (Wildman–Crippen LogP) is 2.18. The van der Waals surface area contributed by atoms with E-state index in [9.17, 15) is 9.59 Å². The van der Waals surface area contributed by atoms with Gasteiger partial charge in [0.15, 0.2) is 5.56 Å². The van der Waals surface area contributed by atoms with Crippen molar-refractivity contribution in [3.63, 3.8) is 0 Å². The highest BCUT2D eigenvalue weighted by Gasteiger charge is 2.23. The quantitative estimate of drug-likeness (QED) is 0.715. The summed E-state index contributed by atoms with van der Waals surface area (Å²) < 4.78 is 9.43. The smallest absolute Gasteiger partial charge is 0.351 e. The van der Waals surface area contributed by atoms with Gasteiger partial charge < -0.3 is 9.15 Å². The lowest BCUT2D eigenvalue weighted by Gasteiger charge is -1.95. The van der Waals surface area contributed by atoms with Crippen molar-refractivity contribution >= 4 is 17.6 Å². The van der Waals surface area contributed by atoms with Gasteiger partial charge in [-0.05, 0) is 18.2 Å². The molecule has 0 N–H and O–H groups in total. The molecule has 0 aromatic rings. The Morgan fingerprint density at radius 3 is 2.88 bits per heavy atom. The van der Waals surface area contributed by atoms with Gasteiger partial charge >= 0.3 is 11.6 Å². The summed E-state index contributed by atoms with van der Waals surface area (Å²) in [4.78, 5) is 22.8. The molecule has 0 spiro atoms. The van der Waals surface area contributed by atoms with Crippen LogP contribution in [0, 0.1) is 0 Å². The standard InChI is InChI=1S/C11H7ClO4/c1-15-10(13)9-7-5-6(12)3-2-4-8(7)16-11(9)14/h2-5H,1H3. The Morgan fingerprint density at radius 2 is 2.19 bits per heavy atom. The lowest BCUT2D eigenvalue weighted by Crippen LogP contribution is -2.11. The second kappa shape index (κ2) is 3.98. The molecular weight excluding hydrogens is 232 g/mol. The molecule has 2 rings (SSSR count). The summed E-state index contributed by atoms with van der Waals surface area (Å²) in [6, 6.07) is 6.32. The van der Waals surface area contributed by atoms with Gasteiger partial charge in [0.1, 0.15) is 5.76 Å². The van der Waals surface area contributed by atoms with Crippen molar-refractivity contribution in [3.05, 3.63) is 45.3 Å². The molecule has 16 heavy (non-hydrogen) atoms. The van der Waals surface area contributed by atoms with Crippen LogP contribution >= 0.6 is 11.6 Å². The first kappa shape index (κ1) is 10.7. The zero-order valence-electron chi connectivity index (χ0n) is 8.32. The van der Waals surface area contributed by atoms with E-state index >= 15 is 0 Å². The maximum atomic E-state index is 11.4. The molecule has 0 radical (unpaired) electrons. The van der Waals surface area contributed by atoms with Crippen molar-refractivity contribution in [2.24, 2.45) is 0 Å². The monoisotopic (exact) mass is 238 g/mol. The Balaban J connectivity index is 2.78. The van der Waals surface area contributed by atoms with Crippen LogP contribution in [0.5, 0.6) is 0 Å². The number of fused-ring (bicyclic) bond motifs is 1. The topological polar surface area (TPSA) is 56.5 Å². The van der Waals surface area contributed by atoms with Crippen LogP contribution in [0.2, 0.25) is 5.02 Å². The van der Waals surface area contributed by atoms with Crippen molar-refractivity contribution in [1.82, 2.24) is 0 Å². The Labute approximate surface area is 95.7 Å². The molecule has 1 heterocycles. The normalized spacial score (nSPS) is 10.4. The van der Waals surface area contributed by atoms with Gasteiger partial charge in [-0.15, -0.1) is 0 Å². The average molecular weight is 239 g/mol. The third-order valence-electron chi connectivity index (χ3n) is 2.12. The molecule has 0 saturated heterocycles. The van der Waals surface area contributed by atoms with Gasteiger partial charge in [0.05, 0.1) is 7.11 Å². The first-order valence-corrected chi connectivity index (χ1v) is 4.82. The molecule has 0 fully saturated rings. The molecule has 0 atom stereocenters. The zero-order chi connectivity index (χ0) is 11.7. The number of methoxy groups -OCH3 is 1. The number of ether oxygens (including phenoxy) is 1. The fourth-order valence-corrected chi connectivity index (χ4v) is 1.60. The second-order valence-corrected chi connectivity index (χ2v) is 3.53. The van der Waals surface area contributed by atoms with Crippen molar-refractivity contribution < 1.29 is 13.9 Å². The molecule has 5 heteroatoms. The molecule has 4 nitrogen and oxygen atoms in total. The van der Waals surface area contributed by atoms with Gasteiger partial charge in [-0.2, -0.15) is 0 Å². The van der Waals surface area contributed by atoms with E-state index in [1.54, 1.807) is 18.2 Å². The van der Waals surface area contributed by atoms with Crippen LogP contribution in [0.25, 0.3) is 11.3 Å². The van der Waals surface area contributed by atoms with Gasteiger partial charge in [0.25, 0.3) is 0 Å². The highest BCUT2D eigenvalue weighted by molar-refractivity contribution is 6.30. The summed E-state index contributed by atoms with van der Waals surface area (Å²) in [6.45, 7) is 0. The van der Waals surface area contributed by atoms with Crippen LogP contribution in [-0.4, -0.2) is 13.1 Å². The third kappa shape index (κ3) is 1.67. The first-order valence-electron chi connectivity index (χ1n) is 4.44. The molecule has 0 bridgehead atoms. The molecule has 0 saturated carbocycles. The lowest BCUT2D eigenvalue weighted by atomic mass is 10.1. The van der Waals surface area contributed by atoms with Crippen LogP contribution < -0.4 is 5.63 Å². The minimum absolute atomic E-state index is 0.129. The van der Waals surface area contributed by atoms with E-state index in [0.29, 0.717) is 16.3 Å². The van der Waals surface area contributed by atoms with E-state index in [4.69, 9.17) is 16.0 Å². The van der Waals surface area contributed by atoms with Crippen LogP contribution in [0.4, 0.5) is 0 Å². The number of halogens is 1. The Bertz CT molecular complexity index is 573. The molecule has 1 aliphatic heterocycles. The number of carbonyl (C=O) groups excluding carboxylic acids is 1. The molecule has 0 aromatic carbocycles. The fourth-order valence-electron chi connectivity index (χ4n) is 1.41. The molecular formula is C11H7ClO4. The zero-order valence-corrected chi connectivity index (χ0v) is 9.08. The van der Waals surface area contributed by atoms with E-state index in [1.165, 1.54) is 13.2 Å². The summed E-state index contributed by atoms with van der Waals surface area (Å²) in [6.07, 6.45) is 0. The van der Waals surface area contributed by atoms with Gasteiger partial charge in [-0.25, -0.2) is 9.59 Å². The Kier molecular flexibility index (Phi) is 2.66. The maximum Gasteiger partial charge on any atom is 0.351 e. The number of carbonyl (C=O) groups is 1. The number of furan rings is 1. The SMILES string of the molecule is COC(=O)c1c2cc(Cl)cccc-2oc1=O. The number of hydrogen-bond donors (Lipinski definition) is 0. The van der Waals surface area contributed by atoms with Crippen molar-refractivity contribution in [2.75, 3.05) is 7.11 Å². The fraction of sp³-hybridized carbons (Fsp3) is 0.0909. The van der Waals surface area contributed by atoms with E-state index in [-0.39, 0.29) is 5.56 Å². The van der Waals surface area contributed by atoms with Gasteiger partial charge in [0, 0.05) is 10.6 Å². The van der Waals surface area contributed by atoms with Gasteiger partial charge in [0.2, 0.25) is 0 Å². The van der Waals surface area contributed by atoms with Gasteiger partial charge in [-0.3, -0.25) is 0 Å². The summed E-state index contributed by atoms with van der Waals surface area (Å²) in [5.74, 6) is -0.427. The minimum Gasteiger partial charge on any atom is -0.465 e. The minimum atomic E-state index is -0.731. The molecule has 0 unspecified atom stereocenters. The van der Waals surface area contributed by atoms with Crippen LogP contribution in [0.1, 0.15) is 10.4 Å². The van der Waals surface area contributed by atoms with Gasteiger partial charge in [-0.1, -0.05) is 17.7 Å². The number of rotatable bonds is 1. The molecule has 2 aliphatic rings. The summed E-state index contributed by atoms with van der Waals surface area (Å²) in [5, 5.41) is 0.404. The molecule has 1 aliphatic carbocycles. The third-order valence-corrected chi connectivity index (χ3v) is 2.35. The predicted molar refractivity (Wildman–Crippen MR) is 57.9 cm³/mol. The summed E-state index contributed by atoms with van der Waals surface area (Å²) in [7, 11) is 1.20. The maximum absolute atomic E-state index is 11.4. The van der Waals surface area contributed by atoms with E-state index in [2.05, 4.69) is 4.74 Å². The number of hydrogen-bond acceptors (Lipinski definition) is 4. The van der Waals surface area contributed by atoms with E-state index < -0.39 is 11.6 Å². The van der Waals surface area contributed by atoms with Crippen molar-refractivity contribution in [1.29, 1.82) is 0 Å². The molecule has 82 valence electrons. The lowest BCUT2D eigenvalue weighted by molar-refractivity contribution is 0.0599. The Morgan fingerprint density at radius 1 is 1.44 bits per heavy atom. The van der Waals surface area contributed by atoms with E-state index in [0.717, 1.165) is 0 Å². The molecule has 0 amide bonds.